The topological polar surface area (TPSA) is 56.5 Å². The third kappa shape index (κ3) is 3.53. The summed E-state index contributed by atoms with van der Waals surface area (Å²) in [6, 6.07) is 6.12. The Morgan fingerprint density at radius 2 is 2.37 bits per heavy atom. The van der Waals surface area contributed by atoms with Gasteiger partial charge < -0.3 is 20.5 Å². The number of hydrogen-bond acceptors (Lipinski definition) is 4. The summed E-state index contributed by atoms with van der Waals surface area (Å²) in [6.45, 7) is 5.77. The average Bonchev–Trinajstić information content (AvgIpc) is 2.94. The Kier molecular flexibility index (Phi) is 4.91. The van der Waals surface area contributed by atoms with Gasteiger partial charge in [-0.15, -0.1) is 0 Å². The van der Waals surface area contributed by atoms with Crippen molar-refractivity contribution in [1.29, 1.82) is 0 Å². The van der Waals surface area contributed by atoms with Gasteiger partial charge in [0, 0.05) is 12.6 Å². The van der Waals surface area contributed by atoms with Gasteiger partial charge in [-0.1, -0.05) is 13.0 Å². The molecule has 0 aromatic heterocycles. The third-order valence-electron chi connectivity index (χ3n) is 3.43. The van der Waals surface area contributed by atoms with Crippen LogP contribution < -0.4 is 15.8 Å². The highest BCUT2D eigenvalue weighted by Gasteiger charge is 2.22. The van der Waals surface area contributed by atoms with Crippen LogP contribution in [-0.2, 0) is 4.74 Å². The molecule has 0 saturated carbocycles. The molecular formula is C15H24N2O2. The highest BCUT2D eigenvalue weighted by atomic mass is 16.5. The van der Waals surface area contributed by atoms with Crippen molar-refractivity contribution in [2.75, 3.05) is 24.3 Å². The summed E-state index contributed by atoms with van der Waals surface area (Å²) in [5, 5.41) is 3.44. The van der Waals surface area contributed by atoms with Crippen LogP contribution in [-0.4, -0.2) is 25.4 Å². The van der Waals surface area contributed by atoms with Crippen molar-refractivity contribution in [1.82, 2.24) is 0 Å². The molecule has 4 nitrogen and oxygen atoms in total. The SMILES string of the molecule is CCCOc1cccc(NC(C)C2CCCO2)c1N. The fourth-order valence-corrected chi connectivity index (χ4v) is 2.34. The predicted octanol–water partition coefficient (Wildman–Crippen LogP) is 3.04. The summed E-state index contributed by atoms with van der Waals surface area (Å²) >= 11 is 0. The van der Waals surface area contributed by atoms with Crippen LogP contribution in [0.2, 0.25) is 0 Å². The van der Waals surface area contributed by atoms with E-state index in [0.717, 1.165) is 37.3 Å². The molecule has 19 heavy (non-hydrogen) atoms. The standard InChI is InChI=1S/C15H24N2O2/c1-3-9-18-14-7-4-6-12(15(14)16)17-11(2)13-8-5-10-19-13/h4,6-7,11,13,17H,3,5,8-10,16H2,1-2H3. The second-order valence-corrected chi connectivity index (χ2v) is 5.05. The van der Waals surface area contributed by atoms with E-state index in [-0.39, 0.29) is 12.1 Å². The summed E-state index contributed by atoms with van der Waals surface area (Å²) in [5.41, 5.74) is 7.75. The molecular weight excluding hydrogens is 240 g/mol. The van der Waals surface area contributed by atoms with E-state index in [1.54, 1.807) is 0 Å². The van der Waals surface area contributed by atoms with Crippen molar-refractivity contribution in [3.8, 4) is 5.75 Å². The van der Waals surface area contributed by atoms with E-state index in [1.807, 2.05) is 18.2 Å². The Morgan fingerprint density at radius 1 is 1.53 bits per heavy atom. The first-order valence-corrected chi connectivity index (χ1v) is 7.11. The fourth-order valence-electron chi connectivity index (χ4n) is 2.34. The largest absolute Gasteiger partial charge is 0.491 e. The van der Waals surface area contributed by atoms with E-state index in [1.165, 1.54) is 0 Å². The van der Waals surface area contributed by atoms with E-state index in [2.05, 4.69) is 19.2 Å². The maximum atomic E-state index is 6.14. The van der Waals surface area contributed by atoms with Crippen molar-refractivity contribution in [2.45, 2.75) is 45.3 Å². The van der Waals surface area contributed by atoms with E-state index in [0.29, 0.717) is 12.3 Å². The lowest BCUT2D eigenvalue weighted by Crippen LogP contribution is -2.30. The van der Waals surface area contributed by atoms with Gasteiger partial charge in [-0.3, -0.25) is 0 Å². The van der Waals surface area contributed by atoms with Crippen LogP contribution in [0.1, 0.15) is 33.1 Å². The zero-order valence-electron chi connectivity index (χ0n) is 11.8. The molecule has 1 aromatic carbocycles. The van der Waals surface area contributed by atoms with Crippen molar-refractivity contribution in [3.05, 3.63) is 18.2 Å². The lowest BCUT2D eigenvalue weighted by atomic mass is 10.1. The molecule has 2 rings (SSSR count). The van der Waals surface area contributed by atoms with Crippen molar-refractivity contribution < 1.29 is 9.47 Å². The second kappa shape index (κ2) is 6.66. The zero-order chi connectivity index (χ0) is 13.7. The molecule has 1 saturated heterocycles. The molecule has 1 aliphatic rings. The van der Waals surface area contributed by atoms with Gasteiger partial charge in [0.15, 0.2) is 0 Å². The third-order valence-corrected chi connectivity index (χ3v) is 3.43. The van der Waals surface area contributed by atoms with Crippen LogP contribution in [0.15, 0.2) is 18.2 Å². The zero-order valence-corrected chi connectivity index (χ0v) is 11.8. The molecule has 2 unspecified atom stereocenters. The Labute approximate surface area is 115 Å². The molecule has 1 aromatic rings. The molecule has 1 aliphatic heterocycles. The lowest BCUT2D eigenvalue weighted by Gasteiger charge is -2.22. The molecule has 0 spiro atoms. The van der Waals surface area contributed by atoms with Crippen LogP contribution in [0.4, 0.5) is 11.4 Å². The van der Waals surface area contributed by atoms with Crippen molar-refractivity contribution in [2.24, 2.45) is 0 Å². The van der Waals surface area contributed by atoms with Gasteiger partial charge in [-0.05, 0) is 38.3 Å². The van der Waals surface area contributed by atoms with E-state index < -0.39 is 0 Å². The molecule has 3 N–H and O–H groups in total. The Hall–Kier alpha value is -1.42. The summed E-state index contributed by atoms with van der Waals surface area (Å²) in [5.74, 6) is 0.756. The highest BCUT2D eigenvalue weighted by Crippen LogP contribution is 2.31. The van der Waals surface area contributed by atoms with Crippen LogP contribution in [0.25, 0.3) is 0 Å². The molecule has 2 atom stereocenters. The minimum Gasteiger partial charge on any atom is -0.491 e. The number of nitrogens with two attached hydrogens (primary N) is 1. The summed E-state index contributed by atoms with van der Waals surface area (Å²) in [6.07, 6.45) is 3.51. The van der Waals surface area contributed by atoms with E-state index >= 15 is 0 Å². The summed E-state index contributed by atoms with van der Waals surface area (Å²) < 4.78 is 11.3. The monoisotopic (exact) mass is 264 g/mol. The van der Waals surface area contributed by atoms with Crippen LogP contribution in [0.5, 0.6) is 5.75 Å². The minimum atomic E-state index is 0.256. The molecule has 106 valence electrons. The molecule has 4 heteroatoms. The van der Waals surface area contributed by atoms with Crippen LogP contribution in [0.3, 0.4) is 0 Å². The Bertz CT molecular complexity index is 403. The summed E-state index contributed by atoms with van der Waals surface area (Å²) in [7, 11) is 0. The number of rotatable bonds is 6. The quantitative estimate of drug-likeness (QED) is 0.775. The number of nitrogen functional groups attached to an aromatic ring is 1. The normalized spacial score (nSPS) is 20.2. The number of benzene rings is 1. The van der Waals surface area contributed by atoms with Gasteiger partial charge in [-0.2, -0.15) is 0 Å². The smallest absolute Gasteiger partial charge is 0.144 e. The number of nitrogens with one attached hydrogen (secondary N) is 1. The number of para-hydroxylation sites is 1. The number of anilines is 2. The first kappa shape index (κ1) is 14.0. The fraction of sp³-hybridized carbons (Fsp3) is 0.600. The molecule has 0 bridgehead atoms. The van der Waals surface area contributed by atoms with E-state index in [4.69, 9.17) is 15.2 Å². The van der Waals surface area contributed by atoms with Gasteiger partial charge in [0.25, 0.3) is 0 Å². The molecule has 1 heterocycles. The molecule has 0 radical (unpaired) electrons. The molecule has 1 fully saturated rings. The van der Waals surface area contributed by atoms with Crippen molar-refractivity contribution >= 4 is 11.4 Å². The summed E-state index contributed by atoms with van der Waals surface area (Å²) in [4.78, 5) is 0. The second-order valence-electron chi connectivity index (χ2n) is 5.05. The first-order chi connectivity index (χ1) is 9.22. The van der Waals surface area contributed by atoms with Gasteiger partial charge in [0.05, 0.1) is 24.1 Å². The van der Waals surface area contributed by atoms with Gasteiger partial charge >= 0.3 is 0 Å². The number of hydrogen-bond donors (Lipinski definition) is 2. The van der Waals surface area contributed by atoms with Crippen molar-refractivity contribution in [3.63, 3.8) is 0 Å². The average molecular weight is 264 g/mol. The minimum absolute atomic E-state index is 0.256. The van der Waals surface area contributed by atoms with Gasteiger partial charge in [-0.25, -0.2) is 0 Å². The Balaban J connectivity index is 2.02. The highest BCUT2D eigenvalue weighted by molar-refractivity contribution is 5.73. The Morgan fingerprint density at radius 3 is 3.05 bits per heavy atom. The first-order valence-electron chi connectivity index (χ1n) is 7.11. The van der Waals surface area contributed by atoms with Gasteiger partial charge in [0.1, 0.15) is 5.75 Å². The molecule has 0 amide bonds. The number of ether oxygens (including phenoxy) is 2. The van der Waals surface area contributed by atoms with E-state index in [9.17, 15) is 0 Å². The van der Waals surface area contributed by atoms with Crippen LogP contribution in [0, 0.1) is 0 Å². The van der Waals surface area contributed by atoms with Crippen LogP contribution >= 0.6 is 0 Å². The maximum absolute atomic E-state index is 6.14. The maximum Gasteiger partial charge on any atom is 0.144 e. The lowest BCUT2D eigenvalue weighted by molar-refractivity contribution is 0.0997. The van der Waals surface area contributed by atoms with Gasteiger partial charge in [0.2, 0.25) is 0 Å². The predicted molar refractivity (Wildman–Crippen MR) is 78.7 cm³/mol. The molecule has 0 aliphatic carbocycles.